The molecule has 7 nitrogen and oxygen atoms in total. The summed E-state index contributed by atoms with van der Waals surface area (Å²) in [6.45, 7) is 7.96. The number of benzene rings is 2. The molecule has 0 aliphatic carbocycles. The van der Waals surface area contributed by atoms with Crippen LogP contribution in [0.1, 0.15) is 22.3 Å². The van der Waals surface area contributed by atoms with E-state index < -0.39 is 24.5 Å². The van der Waals surface area contributed by atoms with Gasteiger partial charge < -0.3 is 25.4 Å². The molecule has 0 bridgehead atoms. The zero-order valence-electron chi connectivity index (χ0n) is 16.5. The van der Waals surface area contributed by atoms with E-state index in [1.807, 2.05) is 58.0 Å². The van der Waals surface area contributed by atoms with Crippen LogP contribution in [0.3, 0.4) is 0 Å². The standard InChI is InChI=1S/C21H27N3O4/c1-11-5-6-15(7-12(11)2)23-24-17-9-14(4)13(3)8-16(17)22-21-20(27)19(26)18(25)10-28-21/h5-9,18-22,25-27H,10H2,1-4H3/t18-,19-,20-,21+/m0/s1. The summed E-state index contributed by atoms with van der Waals surface area (Å²) in [7, 11) is 0. The first-order chi connectivity index (χ1) is 13.3. The third-order valence-electron chi connectivity index (χ3n) is 5.17. The van der Waals surface area contributed by atoms with Gasteiger partial charge in [0.2, 0.25) is 0 Å². The second kappa shape index (κ2) is 8.36. The minimum atomic E-state index is -1.28. The quantitative estimate of drug-likeness (QED) is 0.605. The van der Waals surface area contributed by atoms with Crippen LogP contribution in [-0.2, 0) is 4.74 Å². The minimum absolute atomic E-state index is 0.0692. The second-order valence-electron chi connectivity index (χ2n) is 7.37. The fraction of sp³-hybridized carbons (Fsp3) is 0.429. The number of hydrogen-bond donors (Lipinski definition) is 4. The molecular weight excluding hydrogens is 358 g/mol. The number of hydrogen-bond acceptors (Lipinski definition) is 7. The van der Waals surface area contributed by atoms with E-state index in [2.05, 4.69) is 15.5 Å². The molecule has 28 heavy (non-hydrogen) atoms. The SMILES string of the molecule is Cc1ccc(N=Nc2cc(C)c(C)cc2N[C@@H]2OC[C@H](O)[C@H](O)[C@@H]2O)cc1C. The summed E-state index contributed by atoms with van der Waals surface area (Å²) in [5.41, 5.74) is 6.40. The zero-order valence-corrected chi connectivity index (χ0v) is 16.5. The monoisotopic (exact) mass is 385 g/mol. The molecule has 0 saturated carbocycles. The van der Waals surface area contributed by atoms with E-state index in [0.717, 1.165) is 22.4 Å². The molecule has 2 aromatic rings. The van der Waals surface area contributed by atoms with E-state index in [9.17, 15) is 15.3 Å². The molecule has 0 radical (unpaired) electrons. The van der Waals surface area contributed by atoms with Gasteiger partial charge in [-0.3, -0.25) is 0 Å². The second-order valence-corrected chi connectivity index (χ2v) is 7.37. The molecule has 4 N–H and O–H groups in total. The highest BCUT2D eigenvalue weighted by Gasteiger charge is 2.37. The van der Waals surface area contributed by atoms with Gasteiger partial charge in [-0.25, -0.2) is 0 Å². The Morgan fingerprint density at radius 3 is 2.25 bits per heavy atom. The van der Waals surface area contributed by atoms with Gasteiger partial charge in [0.15, 0.2) is 6.23 Å². The van der Waals surface area contributed by atoms with Crippen LogP contribution in [-0.4, -0.2) is 46.5 Å². The highest BCUT2D eigenvalue weighted by atomic mass is 16.5. The summed E-state index contributed by atoms with van der Waals surface area (Å²) in [5, 5.41) is 41.5. The Hall–Kier alpha value is -2.32. The maximum Gasteiger partial charge on any atom is 0.156 e. The fourth-order valence-electron chi connectivity index (χ4n) is 2.99. The predicted molar refractivity (Wildman–Crippen MR) is 107 cm³/mol. The van der Waals surface area contributed by atoms with Crippen molar-refractivity contribution in [2.75, 3.05) is 11.9 Å². The third kappa shape index (κ3) is 4.39. The van der Waals surface area contributed by atoms with E-state index >= 15 is 0 Å². The molecular formula is C21H27N3O4. The van der Waals surface area contributed by atoms with Crippen molar-refractivity contribution >= 4 is 17.1 Å². The van der Waals surface area contributed by atoms with Crippen LogP contribution in [0.2, 0.25) is 0 Å². The lowest BCUT2D eigenvalue weighted by molar-refractivity contribution is -0.178. The Labute approximate surface area is 164 Å². The van der Waals surface area contributed by atoms with Crippen molar-refractivity contribution in [2.45, 2.75) is 52.2 Å². The van der Waals surface area contributed by atoms with Crippen LogP contribution < -0.4 is 5.32 Å². The number of rotatable bonds is 4. The van der Waals surface area contributed by atoms with Crippen molar-refractivity contribution in [3.63, 3.8) is 0 Å². The summed E-state index contributed by atoms with van der Waals surface area (Å²) < 4.78 is 5.45. The van der Waals surface area contributed by atoms with Crippen molar-refractivity contribution in [3.8, 4) is 0 Å². The number of azo groups is 1. The van der Waals surface area contributed by atoms with Gasteiger partial charge in [0.05, 0.1) is 18.0 Å². The smallest absolute Gasteiger partial charge is 0.156 e. The van der Waals surface area contributed by atoms with Gasteiger partial charge in [-0.15, -0.1) is 5.11 Å². The molecule has 2 aromatic carbocycles. The maximum absolute atomic E-state index is 10.2. The summed E-state index contributed by atoms with van der Waals surface area (Å²) in [6, 6.07) is 9.69. The normalized spacial score (nSPS) is 25.2. The summed E-state index contributed by atoms with van der Waals surface area (Å²) in [4.78, 5) is 0. The van der Waals surface area contributed by atoms with E-state index in [4.69, 9.17) is 4.74 Å². The lowest BCUT2D eigenvalue weighted by Crippen LogP contribution is -2.55. The molecule has 7 heteroatoms. The number of anilines is 1. The number of nitrogens with one attached hydrogen (secondary N) is 1. The maximum atomic E-state index is 10.2. The van der Waals surface area contributed by atoms with E-state index in [1.165, 1.54) is 5.56 Å². The van der Waals surface area contributed by atoms with Gasteiger partial charge in [-0.1, -0.05) is 6.07 Å². The lowest BCUT2D eigenvalue weighted by atomic mass is 10.0. The molecule has 150 valence electrons. The fourth-order valence-corrected chi connectivity index (χ4v) is 2.99. The molecule has 1 fully saturated rings. The number of aryl methyl sites for hydroxylation is 4. The van der Waals surface area contributed by atoms with Crippen LogP contribution >= 0.6 is 0 Å². The van der Waals surface area contributed by atoms with E-state index in [-0.39, 0.29) is 6.61 Å². The van der Waals surface area contributed by atoms with Gasteiger partial charge >= 0.3 is 0 Å². The zero-order chi connectivity index (χ0) is 20.4. The number of ether oxygens (including phenoxy) is 1. The van der Waals surface area contributed by atoms with Gasteiger partial charge in [0.25, 0.3) is 0 Å². The Morgan fingerprint density at radius 1 is 0.857 bits per heavy atom. The van der Waals surface area contributed by atoms with E-state index in [1.54, 1.807) is 0 Å². The van der Waals surface area contributed by atoms with Crippen molar-refractivity contribution in [1.29, 1.82) is 0 Å². The molecule has 4 atom stereocenters. The molecule has 0 aromatic heterocycles. The molecule has 1 aliphatic heterocycles. The Kier molecular flexibility index (Phi) is 6.10. The summed E-state index contributed by atoms with van der Waals surface area (Å²) in [6.07, 6.45) is -4.53. The Morgan fingerprint density at radius 2 is 1.54 bits per heavy atom. The van der Waals surface area contributed by atoms with Crippen molar-refractivity contribution in [2.24, 2.45) is 10.2 Å². The highest BCUT2D eigenvalue weighted by Crippen LogP contribution is 2.32. The number of aliphatic hydroxyl groups excluding tert-OH is 3. The van der Waals surface area contributed by atoms with Gasteiger partial charge in [0, 0.05) is 0 Å². The highest BCUT2D eigenvalue weighted by molar-refractivity contribution is 5.68. The third-order valence-corrected chi connectivity index (χ3v) is 5.17. The first-order valence-electron chi connectivity index (χ1n) is 9.29. The van der Waals surface area contributed by atoms with Gasteiger partial charge in [0.1, 0.15) is 24.0 Å². The van der Waals surface area contributed by atoms with Crippen molar-refractivity contribution in [1.82, 2.24) is 0 Å². The topological polar surface area (TPSA) is 107 Å². The first-order valence-corrected chi connectivity index (χ1v) is 9.29. The predicted octanol–water partition coefficient (Wildman–Crippen LogP) is 3.19. The lowest BCUT2D eigenvalue weighted by Gasteiger charge is -2.36. The van der Waals surface area contributed by atoms with Crippen LogP contribution in [0.25, 0.3) is 0 Å². The van der Waals surface area contributed by atoms with Crippen LogP contribution in [0.5, 0.6) is 0 Å². The van der Waals surface area contributed by atoms with Gasteiger partial charge in [-0.2, -0.15) is 5.11 Å². The van der Waals surface area contributed by atoms with Gasteiger partial charge in [-0.05, 0) is 74.2 Å². The largest absolute Gasteiger partial charge is 0.388 e. The van der Waals surface area contributed by atoms with Crippen LogP contribution in [0, 0.1) is 27.7 Å². The number of nitrogens with zero attached hydrogens (tertiary/aromatic N) is 2. The average Bonchev–Trinajstić information content (AvgIpc) is 2.66. The van der Waals surface area contributed by atoms with Crippen LogP contribution in [0.15, 0.2) is 40.6 Å². The molecule has 3 rings (SSSR count). The molecule has 1 aliphatic rings. The molecule has 0 unspecified atom stereocenters. The molecule has 1 saturated heterocycles. The average molecular weight is 385 g/mol. The van der Waals surface area contributed by atoms with Crippen LogP contribution in [0.4, 0.5) is 17.1 Å². The summed E-state index contributed by atoms with van der Waals surface area (Å²) >= 11 is 0. The summed E-state index contributed by atoms with van der Waals surface area (Å²) in [5.74, 6) is 0. The number of aliphatic hydroxyl groups is 3. The van der Waals surface area contributed by atoms with E-state index in [0.29, 0.717) is 11.4 Å². The molecule has 1 heterocycles. The van der Waals surface area contributed by atoms with Crippen molar-refractivity contribution < 1.29 is 20.1 Å². The first kappa shape index (κ1) is 20.4. The molecule has 0 spiro atoms. The minimum Gasteiger partial charge on any atom is -0.388 e. The Bertz CT molecular complexity index is 884. The molecule has 0 amide bonds. The van der Waals surface area contributed by atoms with Crippen molar-refractivity contribution in [3.05, 3.63) is 52.6 Å². The Balaban J connectivity index is 1.88.